The zero-order chi connectivity index (χ0) is 6.73. The molecule has 1 atom stereocenters. The summed E-state index contributed by atoms with van der Waals surface area (Å²) in [6, 6.07) is -2.37. The normalized spacial score (nSPS) is 14.1. The predicted octanol–water partition coefficient (Wildman–Crippen LogP) is 0.466. The Morgan fingerprint density at radius 2 is 2.00 bits per heavy atom. The van der Waals surface area contributed by atoms with Gasteiger partial charge in [-0.3, -0.25) is 4.79 Å². The Hall–Kier alpha value is -0.440. The summed E-state index contributed by atoms with van der Waals surface area (Å²) in [4.78, 5) is 9.79. The first-order valence-corrected chi connectivity index (χ1v) is 2.50. The van der Waals surface area contributed by atoms with E-state index in [0.29, 0.717) is 0 Å². The van der Waals surface area contributed by atoms with E-state index < -0.39 is 12.1 Å². The predicted molar refractivity (Wildman–Crippen MR) is 28.9 cm³/mol. The van der Waals surface area contributed by atoms with Crippen LogP contribution in [0.2, 0.25) is 0 Å². The SMILES string of the molecule is CC(C)[C@H](N)C(=O)F. The van der Waals surface area contributed by atoms with Crippen molar-refractivity contribution in [1.82, 2.24) is 0 Å². The maximum absolute atomic E-state index is 11.6. The largest absolute Gasteiger partial charge is 0.319 e. The highest BCUT2D eigenvalue weighted by Crippen LogP contribution is 1.98. The van der Waals surface area contributed by atoms with Crippen LogP contribution >= 0.6 is 0 Å². The van der Waals surface area contributed by atoms with E-state index in [0.717, 1.165) is 0 Å². The molecule has 48 valence electrons. The van der Waals surface area contributed by atoms with Gasteiger partial charge in [0.25, 0.3) is 0 Å². The minimum atomic E-state index is -1.43. The zero-order valence-corrected chi connectivity index (χ0v) is 5.02. The second-order valence-corrected chi connectivity index (χ2v) is 2.07. The van der Waals surface area contributed by atoms with Crippen molar-refractivity contribution in [2.75, 3.05) is 0 Å². The highest BCUT2D eigenvalue weighted by atomic mass is 19.1. The van der Waals surface area contributed by atoms with Gasteiger partial charge in [-0.05, 0) is 5.92 Å². The van der Waals surface area contributed by atoms with Gasteiger partial charge in [0.1, 0.15) is 0 Å². The summed E-state index contributed by atoms with van der Waals surface area (Å²) in [5.74, 6) is -0.104. The van der Waals surface area contributed by atoms with Gasteiger partial charge in [0.2, 0.25) is 0 Å². The lowest BCUT2D eigenvalue weighted by molar-refractivity contribution is -0.131. The summed E-state index contributed by atoms with van der Waals surface area (Å²) < 4.78 is 11.6. The molecule has 0 aromatic rings. The second-order valence-electron chi connectivity index (χ2n) is 2.07. The minimum absolute atomic E-state index is 0.104. The molecule has 0 aromatic carbocycles. The summed E-state index contributed by atoms with van der Waals surface area (Å²) in [6.07, 6.45) is 0. The van der Waals surface area contributed by atoms with E-state index in [9.17, 15) is 9.18 Å². The molecule has 0 radical (unpaired) electrons. The molecule has 0 rings (SSSR count). The average Bonchev–Trinajstić information content (AvgIpc) is 1.64. The fourth-order valence-corrected chi connectivity index (χ4v) is 0.262. The van der Waals surface area contributed by atoms with Crippen molar-refractivity contribution < 1.29 is 9.18 Å². The molecule has 0 aliphatic rings. The summed E-state index contributed by atoms with van der Waals surface area (Å²) in [6.45, 7) is 3.39. The molecule has 2 N–H and O–H groups in total. The first-order chi connectivity index (χ1) is 3.55. The molecule has 0 saturated carbocycles. The Morgan fingerprint density at radius 3 is 2.00 bits per heavy atom. The topological polar surface area (TPSA) is 43.1 Å². The van der Waals surface area contributed by atoms with Gasteiger partial charge in [-0.1, -0.05) is 13.8 Å². The maximum Gasteiger partial charge on any atom is 0.318 e. The molecule has 0 aromatic heterocycles. The van der Waals surface area contributed by atoms with Crippen LogP contribution in [0.3, 0.4) is 0 Å². The average molecular weight is 119 g/mol. The Labute approximate surface area is 47.9 Å². The number of rotatable bonds is 2. The lowest BCUT2D eigenvalue weighted by atomic mass is 10.1. The number of halogens is 1. The fraction of sp³-hybridized carbons (Fsp3) is 0.800. The molecule has 0 heterocycles. The van der Waals surface area contributed by atoms with E-state index >= 15 is 0 Å². The third-order valence-corrected chi connectivity index (χ3v) is 0.980. The van der Waals surface area contributed by atoms with Crippen LogP contribution < -0.4 is 5.73 Å². The van der Waals surface area contributed by atoms with Gasteiger partial charge in [-0.25, -0.2) is 0 Å². The van der Waals surface area contributed by atoms with Gasteiger partial charge < -0.3 is 5.73 Å². The van der Waals surface area contributed by atoms with Crippen molar-refractivity contribution in [3.8, 4) is 0 Å². The molecule has 0 unspecified atom stereocenters. The molecular weight excluding hydrogens is 109 g/mol. The lowest BCUT2D eigenvalue weighted by Gasteiger charge is -2.06. The highest BCUT2D eigenvalue weighted by molar-refractivity contribution is 5.74. The van der Waals surface area contributed by atoms with Crippen molar-refractivity contribution in [1.29, 1.82) is 0 Å². The highest BCUT2D eigenvalue weighted by Gasteiger charge is 2.15. The van der Waals surface area contributed by atoms with Crippen LogP contribution in [0, 0.1) is 5.92 Å². The van der Waals surface area contributed by atoms with Gasteiger partial charge in [0.15, 0.2) is 0 Å². The fourth-order valence-electron chi connectivity index (χ4n) is 0.262. The van der Waals surface area contributed by atoms with Crippen LogP contribution in [-0.4, -0.2) is 12.1 Å². The minimum Gasteiger partial charge on any atom is -0.319 e. The van der Waals surface area contributed by atoms with Gasteiger partial charge in [0, 0.05) is 0 Å². The van der Waals surface area contributed by atoms with Crippen LogP contribution in [0.5, 0.6) is 0 Å². The van der Waals surface area contributed by atoms with Gasteiger partial charge in [-0.2, -0.15) is 4.39 Å². The van der Waals surface area contributed by atoms with Crippen molar-refractivity contribution in [2.24, 2.45) is 11.7 Å². The Morgan fingerprint density at radius 1 is 1.62 bits per heavy atom. The van der Waals surface area contributed by atoms with Gasteiger partial charge in [-0.15, -0.1) is 0 Å². The van der Waals surface area contributed by atoms with Gasteiger partial charge >= 0.3 is 6.04 Å². The molecule has 0 aliphatic carbocycles. The van der Waals surface area contributed by atoms with E-state index in [-0.39, 0.29) is 5.92 Å². The molecule has 2 nitrogen and oxygen atoms in total. The van der Waals surface area contributed by atoms with Crippen LogP contribution in [0.1, 0.15) is 13.8 Å². The maximum atomic E-state index is 11.6. The Kier molecular flexibility index (Phi) is 2.62. The molecule has 0 saturated heterocycles. The van der Waals surface area contributed by atoms with E-state index in [1.54, 1.807) is 13.8 Å². The molecule has 0 bridgehead atoms. The second kappa shape index (κ2) is 2.77. The summed E-state index contributed by atoms with van der Waals surface area (Å²) in [7, 11) is 0. The monoisotopic (exact) mass is 119 g/mol. The third-order valence-electron chi connectivity index (χ3n) is 0.980. The number of carbonyl (C=O) groups is 1. The molecule has 0 spiro atoms. The first-order valence-electron chi connectivity index (χ1n) is 2.50. The van der Waals surface area contributed by atoms with Crippen molar-refractivity contribution in [3.05, 3.63) is 0 Å². The number of carbonyl (C=O) groups excluding carboxylic acids is 1. The summed E-state index contributed by atoms with van der Waals surface area (Å²) >= 11 is 0. The third kappa shape index (κ3) is 2.02. The summed E-state index contributed by atoms with van der Waals surface area (Å²) in [5.41, 5.74) is 5.03. The Balaban J connectivity index is 3.64. The van der Waals surface area contributed by atoms with Crippen LogP contribution in [0.15, 0.2) is 0 Å². The zero-order valence-electron chi connectivity index (χ0n) is 5.02. The molecule has 0 fully saturated rings. The summed E-state index contributed by atoms with van der Waals surface area (Å²) in [5, 5.41) is 0. The standard InChI is InChI=1S/C5H10FNO/c1-3(2)4(7)5(6)8/h3-4H,7H2,1-2H3/t4-/m0/s1. The van der Waals surface area contributed by atoms with E-state index in [4.69, 9.17) is 5.73 Å². The molecule has 0 aliphatic heterocycles. The van der Waals surface area contributed by atoms with Gasteiger partial charge in [0.05, 0.1) is 6.04 Å². The van der Waals surface area contributed by atoms with Crippen molar-refractivity contribution in [2.45, 2.75) is 19.9 Å². The number of hydrogen-bond acceptors (Lipinski definition) is 2. The molecule has 3 heteroatoms. The number of hydrogen-bond donors (Lipinski definition) is 1. The van der Waals surface area contributed by atoms with Crippen LogP contribution in [0.4, 0.5) is 4.39 Å². The number of nitrogens with two attached hydrogens (primary N) is 1. The smallest absolute Gasteiger partial charge is 0.318 e. The van der Waals surface area contributed by atoms with E-state index in [1.807, 2.05) is 0 Å². The van der Waals surface area contributed by atoms with Crippen molar-refractivity contribution >= 4 is 6.04 Å². The molecule has 8 heavy (non-hydrogen) atoms. The Bertz CT molecular complexity index is 92.4. The molecular formula is C5H10FNO. The quantitative estimate of drug-likeness (QED) is 0.537. The first kappa shape index (κ1) is 7.56. The van der Waals surface area contributed by atoms with Crippen LogP contribution in [0.25, 0.3) is 0 Å². The van der Waals surface area contributed by atoms with Crippen LogP contribution in [-0.2, 0) is 4.79 Å². The lowest BCUT2D eigenvalue weighted by Crippen LogP contribution is -2.32. The van der Waals surface area contributed by atoms with Crippen molar-refractivity contribution in [3.63, 3.8) is 0 Å². The molecule has 0 amide bonds. The van der Waals surface area contributed by atoms with E-state index in [1.165, 1.54) is 0 Å². The van der Waals surface area contributed by atoms with E-state index in [2.05, 4.69) is 0 Å².